The van der Waals surface area contributed by atoms with Gasteiger partial charge in [0, 0.05) is 6.54 Å². The molecule has 0 spiro atoms. The number of hydrogen-bond acceptors (Lipinski definition) is 4. The molecule has 0 saturated carbocycles. The molecular formula is C13H26N2O3. The van der Waals surface area contributed by atoms with Crippen molar-refractivity contribution in [3.05, 3.63) is 0 Å². The SMILES string of the molecule is CC(C)C(NC(=O)OC(C)(C)C)C1COCCN1. The molecule has 106 valence electrons. The van der Waals surface area contributed by atoms with Crippen molar-refractivity contribution in [3.8, 4) is 0 Å². The van der Waals surface area contributed by atoms with E-state index in [-0.39, 0.29) is 18.2 Å². The largest absolute Gasteiger partial charge is 0.444 e. The molecule has 0 radical (unpaired) electrons. The van der Waals surface area contributed by atoms with Crippen LogP contribution in [0.1, 0.15) is 34.6 Å². The van der Waals surface area contributed by atoms with Crippen molar-refractivity contribution in [2.45, 2.75) is 52.3 Å². The Labute approximate surface area is 110 Å². The minimum absolute atomic E-state index is 0.0140. The Morgan fingerprint density at radius 1 is 1.44 bits per heavy atom. The lowest BCUT2D eigenvalue weighted by Gasteiger charge is -2.34. The van der Waals surface area contributed by atoms with Gasteiger partial charge >= 0.3 is 6.09 Å². The molecule has 0 aromatic heterocycles. The normalized spacial score (nSPS) is 22.7. The van der Waals surface area contributed by atoms with Crippen LogP contribution in [0.15, 0.2) is 0 Å². The van der Waals surface area contributed by atoms with Gasteiger partial charge in [0.25, 0.3) is 0 Å². The highest BCUT2D eigenvalue weighted by Gasteiger charge is 2.29. The molecule has 1 rings (SSSR count). The Hall–Kier alpha value is -0.810. The third-order valence-corrected chi connectivity index (χ3v) is 2.79. The molecular weight excluding hydrogens is 232 g/mol. The molecule has 0 bridgehead atoms. The molecule has 5 nitrogen and oxygen atoms in total. The van der Waals surface area contributed by atoms with Gasteiger partial charge < -0.3 is 20.1 Å². The van der Waals surface area contributed by atoms with E-state index in [9.17, 15) is 4.79 Å². The number of ether oxygens (including phenoxy) is 2. The number of rotatable bonds is 3. The average Bonchev–Trinajstić information content (AvgIpc) is 2.24. The zero-order chi connectivity index (χ0) is 13.8. The summed E-state index contributed by atoms with van der Waals surface area (Å²) in [6, 6.07) is 0.159. The monoisotopic (exact) mass is 258 g/mol. The van der Waals surface area contributed by atoms with Crippen molar-refractivity contribution in [2.75, 3.05) is 19.8 Å². The van der Waals surface area contributed by atoms with Crippen LogP contribution in [0.4, 0.5) is 4.79 Å². The highest BCUT2D eigenvalue weighted by Crippen LogP contribution is 2.12. The van der Waals surface area contributed by atoms with E-state index >= 15 is 0 Å². The van der Waals surface area contributed by atoms with Crippen LogP contribution in [0.5, 0.6) is 0 Å². The van der Waals surface area contributed by atoms with Gasteiger partial charge in [0.05, 0.1) is 25.3 Å². The minimum Gasteiger partial charge on any atom is -0.444 e. The number of nitrogens with one attached hydrogen (secondary N) is 2. The van der Waals surface area contributed by atoms with Crippen molar-refractivity contribution in [3.63, 3.8) is 0 Å². The summed E-state index contributed by atoms with van der Waals surface area (Å²) in [4.78, 5) is 11.8. The lowest BCUT2D eigenvalue weighted by atomic mass is 9.96. The van der Waals surface area contributed by atoms with Gasteiger partial charge in [-0.05, 0) is 26.7 Å². The highest BCUT2D eigenvalue weighted by atomic mass is 16.6. The summed E-state index contributed by atoms with van der Waals surface area (Å²) in [6.45, 7) is 11.9. The molecule has 0 aromatic rings. The standard InChI is InChI=1S/C13H26N2O3/c1-9(2)11(10-8-17-7-6-14-10)15-12(16)18-13(3,4)5/h9-11,14H,6-8H2,1-5H3,(H,15,16). The smallest absolute Gasteiger partial charge is 0.407 e. The number of carbonyl (C=O) groups is 1. The van der Waals surface area contributed by atoms with Crippen LogP contribution in [0.3, 0.4) is 0 Å². The molecule has 2 unspecified atom stereocenters. The van der Waals surface area contributed by atoms with E-state index in [0.717, 1.165) is 13.2 Å². The lowest BCUT2D eigenvalue weighted by Crippen LogP contribution is -2.57. The van der Waals surface area contributed by atoms with Crippen molar-refractivity contribution < 1.29 is 14.3 Å². The molecule has 1 aliphatic rings. The molecule has 1 amide bonds. The summed E-state index contributed by atoms with van der Waals surface area (Å²) in [5.74, 6) is 0.316. The second-order valence-electron chi connectivity index (χ2n) is 6.05. The summed E-state index contributed by atoms with van der Waals surface area (Å²) in [7, 11) is 0. The van der Waals surface area contributed by atoms with Crippen LogP contribution in [-0.2, 0) is 9.47 Å². The first-order valence-electron chi connectivity index (χ1n) is 6.60. The number of amides is 1. The summed E-state index contributed by atoms with van der Waals surface area (Å²) in [5.41, 5.74) is -0.470. The Kier molecular flexibility index (Phi) is 5.41. The van der Waals surface area contributed by atoms with E-state index in [1.165, 1.54) is 0 Å². The van der Waals surface area contributed by atoms with E-state index in [1.807, 2.05) is 20.8 Å². The fraction of sp³-hybridized carbons (Fsp3) is 0.923. The van der Waals surface area contributed by atoms with Gasteiger partial charge in [0.15, 0.2) is 0 Å². The zero-order valence-electron chi connectivity index (χ0n) is 12.1. The van der Waals surface area contributed by atoms with Crippen molar-refractivity contribution in [1.82, 2.24) is 10.6 Å². The van der Waals surface area contributed by atoms with E-state index in [0.29, 0.717) is 12.5 Å². The predicted molar refractivity (Wildman–Crippen MR) is 70.6 cm³/mol. The molecule has 2 atom stereocenters. The van der Waals surface area contributed by atoms with Gasteiger partial charge in [0.1, 0.15) is 5.60 Å². The predicted octanol–water partition coefficient (Wildman–Crippen LogP) is 1.52. The molecule has 0 aliphatic carbocycles. The Bertz CT molecular complexity index is 268. The van der Waals surface area contributed by atoms with E-state index < -0.39 is 5.60 Å². The molecule has 18 heavy (non-hydrogen) atoms. The van der Waals surface area contributed by atoms with Crippen LogP contribution in [0.2, 0.25) is 0 Å². The number of alkyl carbamates (subject to hydrolysis) is 1. The second-order valence-corrected chi connectivity index (χ2v) is 6.05. The molecule has 5 heteroatoms. The number of hydrogen-bond donors (Lipinski definition) is 2. The Balaban J connectivity index is 2.54. The van der Waals surface area contributed by atoms with Crippen LogP contribution in [0, 0.1) is 5.92 Å². The maximum absolute atomic E-state index is 11.8. The third kappa shape index (κ3) is 5.23. The van der Waals surface area contributed by atoms with Gasteiger partial charge in [-0.15, -0.1) is 0 Å². The molecule has 0 aromatic carbocycles. The lowest BCUT2D eigenvalue weighted by molar-refractivity contribution is 0.0345. The molecule has 1 heterocycles. The van der Waals surface area contributed by atoms with Crippen LogP contribution in [0.25, 0.3) is 0 Å². The number of morpholine rings is 1. The van der Waals surface area contributed by atoms with E-state index in [4.69, 9.17) is 9.47 Å². The van der Waals surface area contributed by atoms with Gasteiger partial charge in [-0.2, -0.15) is 0 Å². The van der Waals surface area contributed by atoms with Gasteiger partial charge in [-0.3, -0.25) is 0 Å². The van der Waals surface area contributed by atoms with Gasteiger partial charge in [-0.25, -0.2) is 4.79 Å². The first-order chi connectivity index (χ1) is 8.29. The van der Waals surface area contributed by atoms with Crippen LogP contribution in [-0.4, -0.2) is 43.5 Å². The zero-order valence-corrected chi connectivity index (χ0v) is 12.1. The van der Waals surface area contributed by atoms with Gasteiger partial charge in [0.2, 0.25) is 0 Å². The topological polar surface area (TPSA) is 59.6 Å². The van der Waals surface area contributed by atoms with Crippen LogP contribution < -0.4 is 10.6 Å². The summed E-state index contributed by atoms with van der Waals surface area (Å²) in [6.07, 6.45) is -0.367. The fourth-order valence-corrected chi connectivity index (χ4v) is 1.99. The maximum atomic E-state index is 11.8. The quantitative estimate of drug-likeness (QED) is 0.806. The summed E-state index contributed by atoms with van der Waals surface area (Å²) in [5, 5.41) is 6.31. The van der Waals surface area contributed by atoms with Gasteiger partial charge in [-0.1, -0.05) is 13.8 Å². The number of carbonyl (C=O) groups excluding carboxylic acids is 1. The second kappa shape index (κ2) is 6.38. The van der Waals surface area contributed by atoms with Crippen molar-refractivity contribution >= 4 is 6.09 Å². The first-order valence-corrected chi connectivity index (χ1v) is 6.60. The van der Waals surface area contributed by atoms with Crippen LogP contribution >= 0.6 is 0 Å². The maximum Gasteiger partial charge on any atom is 0.407 e. The van der Waals surface area contributed by atoms with Crippen molar-refractivity contribution in [1.29, 1.82) is 0 Å². The van der Waals surface area contributed by atoms with E-state index in [2.05, 4.69) is 24.5 Å². The Morgan fingerprint density at radius 2 is 2.11 bits per heavy atom. The Morgan fingerprint density at radius 3 is 2.56 bits per heavy atom. The molecule has 1 saturated heterocycles. The van der Waals surface area contributed by atoms with E-state index in [1.54, 1.807) is 0 Å². The average molecular weight is 258 g/mol. The summed E-state index contributed by atoms with van der Waals surface area (Å²) < 4.78 is 10.7. The fourth-order valence-electron chi connectivity index (χ4n) is 1.99. The highest BCUT2D eigenvalue weighted by molar-refractivity contribution is 5.68. The third-order valence-electron chi connectivity index (χ3n) is 2.79. The first kappa shape index (κ1) is 15.2. The molecule has 1 aliphatic heterocycles. The van der Waals surface area contributed by atoms with Crippen molar-refractivity contribution in [2.24, 2.45) is 5.92 Å². The molecule has 2 N–H and O–H groups in total. The molecule has 1 fully saturated rings. The minimum atomic E-state index is -0.470. The summed E-state index contributed by atoms with van der Waals surface area (Å²) >= 11 is 0.